The van der Waals surface area contributed by atoms with Gasteiger partial charge in [0, 0.05) is 72.3 Å². The van der Waals surface area contributed by atoms with E-state index in [1.54, 1.807) is 0 Å². The summed E-state index contributed by atoms with van der Waals surface area (Å²) in [5, 5.41) is 4.73. The molecule has 7 aromatic carbocycles. The Morgan fingerprint density at radius 3 is 1.92 bits per heavy atom. The van der Waals surface area contributed by atoms with Gasteiger partial charge in [-0.2, -0.15) is 0 Å². The Bertz CT molecular complexity index is 3800. The molecule has 356 valence electrons. The number of para-hydroxylation sites is 1. The van der Waals surface area contributed by atoms with E-state index >= 15 is 0 Å². The number of furan rings is 2. The number of hydrogen-bond donors (Lipinski definition) is 0. The van der Waals surface area contributed by atoms with Gasteiger partial charge in [0.2, 0.25) is 0 Å². The number of nitrogens with zero attached hydrogens (tertiary/aromatic N) is 2. The van der Waals surface area contributed by atoms with Crippen LogP contribution in [-0.4, -0.2) is 12.4 Å². The van der Waals surface area contributed by atoms with E-state index in [4.69, 9.17) is 8.83 Å². The molecule has 0 N–H and O–H groups in total. The molecule has 9 aromatic rings. The molecule has 71 heavy (non-hydrogen) atoms. The maximum absolute atomic E-state index is 7.30. The highest BCUT2D eigenvalue weighted by Crippen LogP contribution is 2.65. The van der Waals surface area contributed by atoms with Gasteiger partial charge in [-0.3, -0.25) is 0 Å². The number of benzene rings is 7. The highest BCUT2D eigenvalue weighted by atomic mass is 16.3. The first kappa shape index (κ1) is 43.6. The standard InChI is InChI=1S/C66H67BN2O2/c1-61(2,3)39-24-25-51(42(30-39)38-20-14-13-15-21-38)68-52-37-56-44(43-33-47-48(36-55(43)70-56)64(9,10)29-28-63(47,7)8)34-50(52)67-58-53(68)35-45-41-22-16-17-23-54(41)71-60(45)57(58)46-31-40(62(4,5)6)32-49-59(46)69(67)66(12)27-19-18-26-65(49,66)11/h13-17,20-25,30-37H,18-19,26-29H2,1-12H3. The van der Waals surface area contributed by atoms with Crippen LogP contribution in [0.15, 0.2) is 124 Å². The first-order valence-electron chi connectivity index (χ1n) is 26.7. The van der Waals surface area contributed by atoms with Crippen molar-refractivity contribution in [3.63, 3.8) is 0 Å². The van der Waals surface area contributed by atoms with Crippen LogP contribution in [0.5, 0.6) is 0 Å². The minimum atomic E-state index is -0.146. The van der Waals surface area contributed by atoms with Gasteiger partial charge >= 0.3 is 6.85 Å². The van der Waals surface area contributed by atoms with Crippen LogP contribution < -0.4 is 20.6 Å². The zero-order chi connectivity index (χ0) is 49.1. The third kappa shape index (κ3) is 5.70. The fraction of sp³-hybridized carbons (Fsp3) is 0.364. The molecule has 2 aromatic heterocycles. The molecule has 0 amide bonds. The minimum absolute atomic E-state index is 0.0481. The van der Waals surface area contributed by atoms with Gasteiger partial charge in [-0.15, -0.1) is 0 Å². The minimum Gasteiger partial charge on any atom is -0.456 e. The van der Waals surface area contributed by atoms with E-state index in [0.717, 1.165) is 58.1 Å². The van der Waals surface area contributed by atoms with Crippen molar-refractivity contribution in [3.05, 3.63) is 143 Å². The maximum atomic E-state index is 7.30. The van der Waals surface area contributed by atoms with Crippen LogP contribution in [0.4, 0.5) is 22.7 Å². The molecule has 0 spiro atoms. The van der Waals surface area contributed by atoms with Gasteiger partial charge in [0.05, 0.1) is 5.69 Å². The SMILES string of the molecule is CC(C)(C)c1ccc(N2c3cc4oc5cc6c(cc5c4cc3B3c4c2cc2c(oc5ccccc52)c4-c2cc(C(C)(C)C)cc4c2N3C2(C)CCCCC42C)C(C)(C)CCC6(C)C)c(-c2ccccc2)c1. The summed E-state index contributed by atoms with van der Waals surface area (Å²) in [5.74, 6) is 0. The van der Waals surface area contributed by atoms with E-state index in [2.05, 4.69) is 208 Å². The number of fused-ring (bicyclic) bond motifs is 15. The molecular weight excluding hydrogens is 864 g/mol. The average Bonchev–Trinajstić information content (AvgIpc) is 3.95. The molecular formula is C66H67BN2O2. The van der Waals surface area contributed by atoms with Crippen molar-refractivity contribution >= 4 is 84.4 Å². The summed E-state index contributed by atoms with van der Waals surface area (Å²) in [6.45, 7) is 29.1. The molecule has 14 rings (SSSR count). The lowest BCUT2D eigenvalue weighted by Crippen LogP contribution is -2.70. The van der Waals surface area contributed by atoms with E-state index in [1.807, 2.05) is 0 Å². The van der Waals surface area contributed by atoms with Crippen LogP contribution in [0.3, 0.4) is 0 Å². The first-order valence-corrected chi connectivity index (χ1v) is 26.7. The smallest absolute Gasteiger partial charge is 0.329 e. The Labute approximate surface area is 420 Å². The zero-order valence-corrected chi connectivity index (χ0v) is 44.0. The summed E-state index contributed by atoms with van der Waals surface area (Å²) in [7, 11) is 0. The Morgan fingerprint density at radius 1 is 0.507 bits per heavy atom. The fourth-order valence-corrected chi connectivity index (χ4v) is 14.7. The van der Waals surface area contributed by atoms with Gasteiger partial charge in [0.25, 0.3) is 0 Å². The van der Waals surface area contributed by atoms with E-state index in [0.29, 0.717) is 0 Å². The zero-order valence-electron chi connectivity index (χ0n) is 44.0. The van der Waals surface area contributed by atoms with Crippen LogP contribution in [0.1, 0.15) is 149 Å². The second-order valence-electron chi connectivity index (χ2n) is 26.3. The number of rotatable bonds is 2. The summed E-state index contributed by atoms with van der Waals surface area (Å²) in [6, 6.07) is 44.7. The summed E-state index contributed by atoms with van der Waals surface area (Å²) in [5.41, 5.74) is 23.4. The molecule has 2 atom stereocenters. The van der Waals surface area contributed by atoms with E-state index in [-0.39, 0.29) is 39.5 Å². The van der Waals surface area contributed by atoms with Gasteiger partial charge in [-0.05, 0) is 141 Å². The Balaban J connectivity index is 1.18. The Morgan fingerprint density at radius 2 is 1.17 bits per heavy atom. The molecule has 5 heteroatoms. The topological polar surface area (TPSA) is 32.8 Å². The number of hydrogen-bond acceptors (Lipinski definition) is 4. The van der Waals surface area contributed by atoms with Gasteiger partial charge in [0.1, 0.15) is 22.3 Å². The largest absolute Gasteiger partial charge is 0.456 e. The average molecular weight is 931 g/mol. The second-order valence-corrected chi connectivity index (χ2v) is 26.3. The van der Waals surface area contributed by atoms with Crippen molar-refractivity contribution in [1.29, 1.82) is 0 Å². The van der Waals surface area contributed by atoms with Crippen LogP contribution in [0.2, 0.25) is 0 Å². The molecule has 5 aliphatic rings. The highest BCUT2D eigenvalue weighted by Gasteiger charge is 2.63. The van der Waals surface area contributed by atoms with Crippen molar-refractivity contribution in [2.45, 2.75) is 154 Å². The lowest BCUT2D eigenvalue weighted by Gasteiger charge is -2.55. The van der Waals surface area contributed by atoms with Crippen molar-refractivity contribution < 1.29 is 8.83 Å². The van der Waals surface area contributed by atoms with Crippen molar-refractivity contribution in [3.8, 4) is 22.3 Å². The maximum Gasteiger partial charge on any atom is 0.329 e. The fourth-order valence-electron chi connectivity index (χ4n) is 14.7. The molecule has 0 bridgehead atoms. The predicted octanol–water partition coefficient (Wildman–Crippen LogP) is 17.1. The molecule has 1 saturated carbocycles. The first-order chi connectivity index (χ1) is 33.7. The van der Waals surface area contributed by atoms with Gasteiger partial charge < -0.3 is 18.5 Å². The Hall–Kier alpha value is -6.20. The van der Waals surface area contributed by atoms with Crippen molar-refractivity contribution in [2.75, 3.05) is 9.71 Å². The molecule has 0 radical (unpaired) electrons. The monoisotopic (exact) mass is 931 g/mol. The van der Waals surface area contributed by atoms with Gasteiger partial charge in [0.15, 0.2) is 0 Å². The molecule has 0 saturated heterocycles. The molecule has 2 aliphatic carbocycles. The summed E-state index contributed by atoms with van der Waals surface area (Å²) < 4.78 is 14.5. The van der Waals surface area contributed by atoms with Gasteiger partial charge in [-0.25, -0.2) is 0 Å². The molecule has 3 aliphatic heterocycles. The highest BCUT2D eigenvalue weighted by molar-refractivity contribution is 6.93. The van der Waals surface area contributed by atoms with Crippen molar-refractivity contribution in [1.82, 2.24) is 0 Å². The Kier molecular flexibility index (Phi) is 8.50. The second kappa shape index (κ2) is 13.8. The normalized spacial score (nSPS) is 21.7. The summed E-state index contributed by atoms with van der Waals surface area (Å²) >= 11 is 0. The summed E-state index contributed by atoms with van der Waals surface area (Å²) in [6.07, 6.45) is 7.08. The molecule has 1 fully saturated rings. The predicted molar refractivity (Wildman–Crippen MR) is 301 cm³/mol. The lowest BCUT2D eigenvalue weighted by atomic mass is 9.42. The van der Waals surface area contributed by atoms with Crippen LogP contribution in [-0.2, 0) is 27.1 Å². The van der Waals surface area contributed by atoms with Crippen molar-refractivity contribution in [2.24, 2.45) is 0 Å². The van der Waals surface area contributed by atoms with E-state index in [9.17, 15) is 0 Å². The third-order valence-electron chi connectivity index (χ3n) is 19.2. The third-order valence-corrected chi connectivity index (χ3v) is 19.2. The summed E-state index contributed by atoms with van der Waals surface area (Å²) in [4.78, 5) is 5.62. The van der Waals surface area contributed by atoms with E-state index in [1.165, 1.54) is 108 Å². The molecule has 5 heterocycles. The quantitative estimate of drug-likeness (QED) is 0.162. The van der Waals surface area contributed by atoms with Crippen LogP contribution in [0, 0.1) is 0 Å². The molecule has 2 unspecified atom stereocenters. The van der Waals surface area contributed by atoms with Crippen LogP contribution in [0.25, 0.3) is 66.1 Å². The van der Waals surface area contributed by atoms with Crippen LogP contribution >= 0.6 is 0 Å². The lowest BCUT2D eigenvalue weighted by molar-refractivity contribution is 0.199. The van der Waals surface area contributed by atoms with E-state index < -0.39 is 0 Å². The number of anilines is 4. The van der Waals surface area contributed by atoms with Gasteiger partial charge in [-0.1, -0.05) is 156 Å². The molecule has 4 nitrogen and oxygen atoms in total.